The van der Waals surface area contributed by atoms with Crippen molar-refractivity contribution in [2.24, 2.45) is 11.8 Å². The van der Waals surface area contributed by atoms with Crippen molar-refractivity contribution in [2.45, 2.75) is 37.8 Å². The Kier molecular flexibility index (Phi) is 4.74. The van der Waals surface area contributed by atoms with E-state index in [1.54, 1.807) is 0 Å². The van der Waals surface area contributed by atoms with Gasteiger partial charge in [-0.1, -0.05) is 60.7 Å². The van der Waals surface area contributed by atoms with E-state index < -0.39 is 11.8 Å². The van der Waals surface area contributed by atoms with E-state index in [1.165, 1.54) is 0 Å². The summed E-state index contributed by atoms with van der Waals surface area (Å²) in [6, 6.07) is 19.7. The molecular weight excluding hydrogens is 324 g/mol. The zero-order valence-corrected chi connectivity index (χ0v) is 14.7. The average Bonchev–Trinajstić information content (AvgIpc) is 3.58. The Morgan fingerprint density at radius 1 is 0.654 bits per heavy atom. The fourth-order valence-electron chi connectivity index (χ4n) is 3.54. The Bertz CT molecular complexity index is 700. The number of benzene rings is 2. The van der Waals surface area contributed by atoms with E-state index in [9.17, 15) is 9.59 Å². The van der Waals surface area contributed by atoms with Gasteiger partial charge in [0, 0.05) is 0 Å². The lowest BCUT2D eigenvalue weighted by atomic mass is 10.0. The van der Waals surface area contributed by atoms with E-state index in [4.69, 9.17) is 0 Å². The van der Waals surface area contributed by atoms with Crippen molar-refractivity contribution >= 4 is 11.8 Å². The van der Waals surface area contributed by atoms with E-state index >= 15 is 0 Å². The van der Waals surface area contributed by atoms with Gasteiger partial charge in [-0.15, -0.1) is 0 Å². The molecule has 2 aliphatic rings. The zero-order valence-electron chi connectivity index (χ0n) is 14.7. The van der Waals surface area contributed by atoms with Gasteiger partial charge in [-0.05, 0) is 48.6 Å². The molecule has 2 saturated carbocycles. The minimum absolute atomic E-state index is 0.0782. The normalized spacial score (nSPS) is 18.6. The summed E-state index contributed by atoms with van der Waals surface area (Å²) >= 11 is 0. The molecule has 2 fully saturated rings. The van der Waals surface area contributed by atoms with E-state index in [0.717, 1.165) is 36.8 Å². The molecule has 4 nitrogen and oxygen atoms in total. The lowest BCUT2D eigenvalue weighted by Crippen LogP contribution is -2.43. The first-order valence-electron chi connectivity index (χ1n) is 9.43. The molecule has 134 valence electrons. The Morgan fingerprint density at radius 3 is 1.31 bits per heavy atom. The molecule has 0 unspecified atom stereocenters. The number of hydrogen-bond acceptors (Lipinski definition) is 2. The SMILES string of the molecule is O=C(N[C@H](c1ccccc1)C1CC1)C(=O)N[C@H](c1ccccc1)C1CC1. The van der Waals surface area contributed by atoms with Gasteiger partial charge in [-0.2, -0.15) is 0 Å². The Labute approximate surface area is 154 Å². The average molecular weight is 348 g/mol. The van der Waals surface area contributed by atoms with Crippen LogP contribution in [0, 0.1) is 11.8 Å². The van der Waals surface area contributed by atoms with E-state index in [1.807, 2.05) is 60.7 Å². The molecule has 0 heterocycles. The third-order valence-electron chi connectivity index (χ3n) is 5.28. The van der Waals surface area contributed by atoms with Crippen LogP contribution in [0.15, 0.2) is 60.7 Å². The van der Waals surface area contributed by atoms with Crippen molar-refractivity contribution in [2.75, 3.05) is 0 Å². The molecule has 2 amide bonds. The molecular formula is C22H24N2O2. The van der Waals surface area contributed by atoms with Crippen LogP contribution >= 0.6 is 0 Å². The standard InChI is InChI=1S/C22H24N2O2/c25-21(23-19(17-11-12-17)15-7-3-1-4-8-15)22(26)24-20(18-13-14-18)16-9-5-2-6-10-16/h1-10,17-20H,11-14H2,(H,23,25)(H,24,26)/t19-,20-/m1/s1. The molecule has 0 aromatic heterocycles. The first kappa shape index (κ1) is 16.8. The van der Waals surface area contributed by atoms with Gasteiger partial charge in [-0.3, -0.25) is 9.59 Å². The highest BCUT2D eigenvalue weighted by molar-refractivity contribution is 6.35. The summed E-state index contributed by atoms with van der Waals surface area (Å²) in [6.07, 6.45) is 4.37. The summed E-state index contributed by atoms with van der Waals surface area (Å²) < 4.78 is 0. The first-order valence-corrected chi connectivity index (χ1v) is 9.43. The fraction of sp³-hybridized carbons (Fsp3) is 0.364. The number of carbonyl (C=O) groups excluding carboxylic acids is 2. The molecule has 0 bridgehead atoms. The van der Waals surface area contributed by atoms with Gasteiger partial charge < -0.3 is 10.6 Å². The minimum Gasteiger partial charge on any atom is -0.341 e. The highest BCUT2D eigenvalue weighted by atomic mass is 16.2. The van der Waals surface area contributed by atoms with Crippen molar-refractivity contribution in [3.8, 4) is 0 Å². The van der Waals surface area contributed by atoms with Crippen molar-refractivity contribution in [3.05, 3.63) is 71.8 Å². The second-order valence-corrected chi connectivity index (χ2v) is 7.40. The van der Waals surface area contributed by atoms with E-state index in [-0.39, 0.29) is 12.1 Å². The Balaban J connectivity index is 1.43. The monoisotopic (exact) mass is 348 g/mol. The summed E-state index contributed by atoms with van der Waals surface area (Å²) in [5, 5.41) is 5.92. The van der Waals surface area contributed by atoms with Crippen LogP contribution in [0.1, 0.15) is 48.9 Å². The van der Waals surface area contributed by atoms with Crippen molar-refractivity contribution in [1.29, 1.82) is 0 Å². The van der Waals surface area contributed by atoms with Crippen LogP contribution in [0.25, 0.3) is 0 Å². The predicted molar refractivity (Wildman–Crippen MR) is 100 cm³/mol. The molecule has 2 aromatic carbocycles. The second kappa shape index (κ2) is 7.32. The zero-order chi connectivity index (χ0) is 17.9. The van der Waals surface area contributed by atoms with Gasteiger partial charge >= 0.3 is 11.8 Å². The lowest BCUT2D eigenvalue weighted by Gasteiger charge is -2.21. The highest BCUT2D eigenvalue weighted by Gasteiger charge is 2.37. The number of hydrogen-bond donors (Lipinski definition) is 2. The summed E-state index contributed by atoms with van der Waals surface area (Å²) in [7, 11) is 0. The van der Waals surface area contributed by atoms with Crippen LogP contribution in [0.5, 0.6) is 0 Å². The van der Waals surface area contributed by atoms with Gasteiger partial charge in [0.2, 0.25) is 0 Å². The topological polar surface area (TPSA) is 58.2 Å². The molecule has 26 heavy (non-hydrogen) atoms. The Hall–Kier alpha value is -2.62. The quantitative estimate of drug-likeness (QED) is 0.785. The molecule has 2 aliphatic carbocycles. The van der Waals surface area contributed by atoms with Gasteiger partial charge in [0.25, 0.3) is 0 Å². The smallest absolute Gasteiger partial charge is 0.309 e. The van der Waals surface area contributed by atoms with Crippen LogP contribution in [0.2, 0.25) is 0 Å². The van der Waals surface area contributed by atoms with E-state index in [2.05, 4.69) is 10.6 Å². The van der Waals surface area contributed by atoms with Crippen molar-refractivity contribution in [3.63, 3.8) is 0 Å². The van der Waals surface area contributed by atoms with Crippen LogP contribution in [0.3, 0.4) is 0 Å². The molecule has 0 radical (unpaired) electrons. The minimum atomic E-state index is -0.535. The molecule has 2 N–H and O–H groups in total. The van der Waals surface area contributed by atoms with Gasteiger partial charge in [0.15, 0.2) is 0 Å². The highest BCUT2D eigenvalue weighted by Crippen LogP contribution is 2.42. The number of nitrogens with one attached hydrogen (secondary N) is 2. The van der Waals surface area contributed by atoms with Crippen molar-refractivity contribution in [1.82, 2.24) is 10.6 Å². The van der Waals surface area contributed by atoms with Crippen LogP contribution in [0.4, 0.5) is 0 Å². The third kappa shape index (κ3) is 3.96. The van der Waals surface area contributed by atoms with Gasteiger partial charge in [0.05, 0.1) is 12.1 Å². The molecule has 0 saturated heterocycles. The molecule has 4 rings (SSSR count). The number of carbonyl (C=O) groups is 2. The molecule has 2 atom stereocenters. The lowest BCUT2D eigenvalue weighted by molar-refractivity contribution is -0.140. The summed E-state index contributed by atoms with van der Waals surface area (Å²) in [5.74, 6) is -0.204. The maximum absolute atomic E-state index is 12.5. The maximum Gasteiger partial charge on any atom is 0.309 e. The van der Waals surface area contributed by atoms with Gasteiger partial charge in [-0.25, -0.2) is 0 Å². The summed E-state index contributed by atoms with van der Waals surface area (Å²) in [4.78, 5) is 25.1. The first-order chi connectivity index (χ1) is 12.7. The molecule has 2 aromatic rings. The maximum atomic E-state index is 12.5. The fourth-order valence-corrected chi connectivity index (χ4v) is 3.54. The van der Waals surface area contributed by atoms with Crippen LogP contribution < -0.4 is 10.6 Å². The van der Waals surface area contributed by atoms with Crippen molar-refractivity contribution < 1.29 is 9.59 Å². The Morgan fingerprint density at radius 2 is 1.00 bits per heavy atom. The summed E-state index contributed by atoms with van der Waals surface area (Å²) in [6.45, 7) is 0. The molecule has 0 spiro atoms. The third-order valence-corrected chi connectivity index (χ3v) is 5.28. The van der Waals surface area contributed by atoms with E-state index in [0.29, 0.717) is 11.8 Å². The van der Waals surface area contributed by atoms with Gasteiger partial charge in [0.1, 0.15) is 0 Å². The molecule has 0 aliphatic heterocycles. The second-order valence-electron chi connectivity index (χ2n) is 7.40. The predicted octanol–water partition coefficient (Wildman–Crippen LogP) is 3.52. The number of rotatable bonds is 6. The van der Waals surface area contributed by atoms with Crippen LogP contribution in [-0.4, -0.2) is 11.8 Å². The summed E-state index contributed by atoms with van der Waals surface area (Å²) in [5.41, 5.74) is 2.14. The van der Waals surface area contributed by atoms with Crippen LogP contribution in [-0.2, 0) is 9.59 Å². The largest absolute Gasteiger partial charge is 0.341 e. The number of amides is 2. The molecule has 4 heteroatoms.